The fraction of sp³-hybridized carbons (Fsp3) is 0.462. The summed E-state index contributed by atoms with van der Waals surface area (Å²) in [4.78, 5) is 28.8. The van der Waals surface area contributed by atoms with Crippen molar-refractivity contribution in [3.05, 3.63) is 29.6 Å². The number of carbonyl (C=O) groups is 2. The molecule has 0 radical (unpaired) electrons. The molecule has 0 atom stereocenters. The average molecular weight is 279 g/mol. The van der Waals surface area contributed by atoms with E-state index in [1.54, 1.807) is 12.1 Å². The lowest BCUT2D eigenvalue weighted by atomic mass is 10.2. The number of amides is 2. The van der Waals surface area contributed by atoms with Crippen LogP contribution >= 0.6 is 0 Å². The summed E-state index contributed by atoms with van der Waals surface area (Å²) in [6.45, 7) is 3.54. The van der Waals surface area contributed by atoms with E-state index < -0.39 is 0 Å². The van der Waals surface area contributed by atoms with Crippen LogP contribution in [0.5, 0.6) is 0 Å². The smallest absolute Gasteiger partial charge is 0.266 e. The van der Waals surface area contributed by atoms with E-state index in [4.69, 9.17) is 5.84 Å². The molecule has 0 unspecified atom stereocenters. The molecule has 2 amide bonds. The van der Waals surface area contributed by atoms with Gasteiger partial charge in [0.15, 0.2) is 0 Å². The van der Waals surface area contributed by atoms with Crippen molar-refractivity contribution >= 4 is 11.8 Å². The van der Waals surface area contributed by atoms with Gasteiger partial charge >= 0.3 is 0 Å². The van der Waals surface area contributed by atoms with Crippen molar-refractivity contribution in [3.63, 3.8) is 0 Å². The van der Waals surface area contributed by atoms with Gasteiger partial charge in [-0.1, -0.05) is 6.92 Å². The number of hydrazine groups is 1. The molecule has 0 aliphatic heterocycles. The van der Waals surface area contributed by atoms with Gasteiger partial charge in [-0.3, -0.25) is 24.9 Å². The minimum absolute atomic E-state index is 0.00604. The summed E-state index contributed by atoms with van der Waals surface area (Å²) in [5.41, 5.74) is 3.23. The third-order valence-corrected chi connectivity index (χ3v) is 2.64. The van der Waals surface area contributed by atoms with E-state index in [2.05, 4.69) is 10.3 Å². The minimum Gasteiger partial charge on any atom is -0.355 e. The molecule has 1 aromatic heterocycles. The summed E-state index contributed by atoms with van der Waals surface area (Å²) in [7, 11) is 1.84. The fourth-order valence-electron chi connectivity index (χ4n) is 1.63. The summed E-state index contributed by atoms with van der Waals surface area (Å²) in [5.74, 6) is 4.65. The van der Waals surface area contributed by atoms with Crippen LogP contribution in [-0.4, -0.2) is 41.8 Å². The number of nitrogens with one attached hydrogen (secondary N) is 2. The quantitative estimate of drug-likeness (QED) is 0.359. The van der Waals surface area contributed by atoms with Gasteiger partial charge in [-0.05, 0) is 25.6 Å². The maximum Gasteiger partial charge on any atom is 0.266 e. The van der Waals surface area contributed by atoms with Crippen molar-refractivity contribution in [1.29, 1.82) is 0 Å². The zero-order chi connectivity index (χ0) is 15.0. The molecule has 0 aliphatic rings. The highest BCUT2D eigenvalue weighted by Crippen LogP contribution is 2.02. The molecule has 0 aromatic carbocycles. The van der Waals surface area contributed by atoms with E-state index in [1.807, 2.05) is 24.3 Å². The molecule has 110 valence electrons. The van der Waals surface area contributed by atoms with Crippen LogP contribution in [-0.2, 0) is 11.3 Å². The number of carbonyl (C=O) groups excluding carboxylic acids is 2. The lowest BCUT2D eigenvalue weighted by Gasteiger charge is -2.15. The van der Waals surface area contributed by atoms with Gasteiger partial charge in [-0.2, -0.15) is 0 Å². The third kappa shape index (κ3) is 5.33. The Labute approximate surface area is 118 Å². The van der Waals surface area contributed by atoms with Crippen LogP contribution in [0, 0.1) is 0 Å². The van der Waals surface area contributed by atoms with Crippen molar-refractivity contribution < 1.29 is 9.59 Å². The third-order valence-electron chi connectivity index (χ3n) is 2.64. The Balaban J connectivity index is 2.47. The summed E-state index contributed by atoms with van der Waals surface area (Å²) in [6, 6.07) is 3.39. The number of nitrogens with two attached hydrogens (primary N) is 1. The molecule has 1 heterocycles. The number of rotatable bonds is 7. The predicted molar refractivity (Wildman–Crippen MR) is 75.5 cm³/mol. The molecule has 7 heteroatoms. The highest BCUT2D eigenvalue weighted by atomic mass is 16.2. The van der Waals surface area contributed by atoms with E-state index in [-0.39, 0.29) is 11.8 Å². The van der Waals surface area contributed by atoms with E-state index >= 15 is 0 Å². The minimum atomic E-state index is -0.378. The van der Waals surface area contributed by atoms with Crippen LogP contribution in [0.4, 0.5) is 0 Å². The number of nitrogens with zero attached hydrogens (tertiary/aromatic N) is 2. The van der Waals surface area contributed by atoms with Crippen molar-refractivity contribution in [2.75, 3.05) is 20.1 Å². The summed E-state index contributed by atoms with van der Waals surface area (Å²) in [5, 5.41) is 2.81. The van der Waals surface area contributed by atoms with Crippen molar-refractivity contribution in [3.8, 4) is 0 Å². The normalized spacial score (nSPS) is 10.4. The van der Waals surface area contributed by atoms with Crippen molar-refractivity contribution in [2.24, 2.45) is 5.84 Å². The van der Waals surface area contributed by atoms with E-state index in [0.717, 1.165) is 12.1 Å². The Kier molecular flexibility index (Phi) is 6.61. The highest BCUT2D eigenvalue weighted by Gasteiger charge is 2.08. The van der Waals surface area contributed by atoms with Gasteiger partial charge in [0.2, 0.25) is 5.91 Å². The second-order valence-corrected chi connectivity index (χ2v) is 4.53. The predicted octanol–water partition coefficient (Wildman–Crippen LogP) is -0.357. The number of likely N-dealkylation sites (N-methyl/N-ethyl adjacent to an activating group) is 1. The first-order valence-electron chi connectivity index (χ1n) is 6.48. The molecule has 1 aromatic rings. The van der Waals surface area contributed by atoms with Crippen LogP contribution in [0.1, 0.15) is 29.4 Å². The van der Waals surface area contributed by atoms with Gasteiger partial charge in [0.05, 0.1) is 17.8 Å². The molecular formula is C13H21N5O2. The summed E-state index contributed by atoms with van der Waals surface area (Å²) < 4.78 is 0. The maximum absolute atomic E-state index is 11.5. The Hall–Kier alpha value is -1.99. The van der Waals surface area contributed by atoms with Crippen LogP contribution in [0.2, 0.25) is 0 Å². The molecule has 0 spiro atoms. The second kappa shape index (κ2) is 8.23. The van der Waals surface area contributed by atoms with Crippen LogP contribution in [0.15, 0.2) is 18.3 Å². The Morgan fingerprint density at radius 1 is 1.40 bits per heavy atom. The molecule has 7 nitrogen and oxygen atoms in total. The monoisotopic (exact) mass is 279 g/mol. The highest BCUT2D eigenvalue weighted by molar-refractivity contribution is 5.93. The van der Waals surface area contributed by atoms with Crippen LogP contribution in [0.3, 0.4) is 0 Å². The number of aromatic nitrogens is 1. The molecule has 0 fully saturated rings. The SMILES string of the molecule is CCCNC(=O)CN(C)Cc1ccc(C(=O)NN)cn1. The Bertz CT molecular complexity index is 447. The lowest BCUT2D eigenvalue weighted by Crippen LogP contribution is -2.35. The number of pyridine rings is 1. The number of hydrogen-bond acceptors (Lipinski definition) is 5. The van der Waals surface area contributed by atoms with Gasteiger partial charge in [-0.25, -0.2) is 5.84 Å². The lowest BCUT2D eigenvalue weighted by molar-refractivity contribution is -0.122. The zero-order valence-corrected chi connectivity index (χ0v) is 11.8. The van der Waals surface area contributed by atoms with E-state index in [9.17, 15) is 9.59 Å². The molecule has 20 heavy (non-hydrogen) atoms. The molecule has 1 rings (SSSR count). The molecule has 0 saturated heterocycles. The number of hydrogen-bond donors (Lipinski definition) is 3. The largest absolute Gasteiger partial charge is 0.355 e. The van der Waals surface area contributed by atoms with Gasteiger partial charge in [0.25, 0.3) is 5.91 Å². The molecular weight excluding hydrogens is 258 g/mol. The van der Waals surface area contributed by atoms with Gasteiger partial charge in [0, 0.05) is 19.3 Å². The molecule has 0 aliphatic carbocycles. The van der Waals surface area contributed by atoms with Gasteiger partial charge < -0.3 is 5.32 Å². The van der Waals surface area contributed by atoms with Crippen molar-refractivity contribution in [1.82, 2.24) is 20.6 Å². The number of nitrogen functional groups attached to an aromatic ring is 1. The van der Waals surface area contributed by atoms with Crippen LogP contribution < -0.4 is 16.6 Å². The van der Waals surface area contributed by atoms with Gasteiger partial charge in [0.1, 0.15) is 0 Å². The summed E-state index contributed by atoms with van der Waals surface area (Å²) in [6.07, 6.45) is 2.38. The first-order chi connectivity index (χ1) is 9.56. The van der Waals surface area contributed by atoms with Crippen LogP contribution in [0.25, 0.3) is 0 Å². The maximum atomic E-state index is 11.5. The Morgan fingerprint density at radius 3 is 2.70 bits per heavy atom. The average Bonchev–Trinajstić information content (AvgIpc) is 2.45. The van der Waals surface area contributed by atoms with Crippen molar-refractivity contribution in [2.45, 2.75) is 19.9 Å². The second-order valence-electron chi connectivity index (χ2n) is 4.53. The van der Waals surface area contributed by atoms with E-state index in [0.29, 0.717) is 25.2 Å². The molecule has 0 bridgehead atoms. The standard InChI is InChI=1S/C13H21N5O2/c1-3-6-15-12(19)9-18(2)8-11-5-4-10(7-16-11)13(20)17-14/h4-5,7H,3,6,8-9,14H2,1-2H3,(H,15,19)(H,17,20). The first-order valence-corrected chi connectivity index (χ1v) is 6.48. The van der Waals surface area contributed by atoms with Gasteiger partial charge in [-0.15, -0.1) is 0 Å². The molecule has 0 saturated carbocycles. The Morgan fingerprint density at radius 2 is 2.15 bits per heavy atom. The first kappa shape index (κ1) is 16.1. The zero-order valence-electron chi connectivity index (χ0n) is 11.8. The summed E-state index contributed by atoms with van der Waals surface area (Å²) >= 11 is 0. The topological polar surface area (TPSA) is 100 Å². The van der Waals surface area contributed by atoms with E-state index in [1.165, 1.54) is 6.20 Å². The molecule has 4 N–H and O–H groups in total. The fourth-order valence-corrected chi connectivity index (χ4v) is 1.63.